The normalized spacial score (nSPS) is 11.9. The van der Waals surface area contributed by atoms with Crippen LogP contribution in [0.2, 0.25) is 5.15 Å². The van der Waals surface area contributed by atoms with Crippen LogP contribution in [-0.2, 0) is 28.9 Å². The number of unbranched alkanes of at least 4 members (excludes halogenated alkanes) is 1. The fraction of sp³-hybridized carbons (Fsp3) is 0.321. The number of halogens is 1. The van der Waals surface area contributed by atoms with E-state index in [1.165, 1.54) is 7.11 Å². The van der Waals surface area contributed by atoms with Crippen molar-refractivity contribution in [2.45, 2.75) is 52.1 Å². The number of rotatable bonds is 11. The number of esters is 1. The number of thiophene rings is 1. The Hall–Kier alpha value is -3.36. The maximum atomic E-state index is 13.5. The molecular formula is C28H31ClN4O3S. The summed E-state index contributed by atoms with van der Waals surface area (Å²) >= 11 is 7.89. The van der Waals surface area contributed by atoms with Gasteiger partial charge in [-0.3, -0.25) is 4.79 Å². The first-order valence-electron chi connectivity index (χ1n) is 12.3. The minimum Gasteiger partial charge on any atom is -0.464 e. The van der Waals surface area contributed by atoms with Gasteiger partial charge >= 0.3 is 5.97 Å². The Morgan fingerprint density at radius 1 is 1.16 bits per heavy atom. The summed E-state index contributed by atoms with van der Waals surface area (Å²) in [5.74, 6) is 0.305. The lowest BCUT2D eigenvalue weighted by Crippen LogP contribution is -2.29. The molecule has 3 aromatic heterocycles. The molecule has 0 spiro atoms. The number of methoxy groups -OCH3 is 1. The molecule has 1 atom stereocenters. The van der Waals surface area contributed by atoms with Gasteiger partial charge in [0.2, 0.25) is 5.91 Å². The molecule has 0 saturated heterocycles. The van der Waals surface area contributed by atoms with Crippen LogP contribution in [-0.4, -0.2) is 33.1 Å². The molecule has 4 aromatic rings. The van der Waals surface area contributed by atoms with Crippen LogP contribution in [0.5, 0.6) is 0 Å². The van der Waals surface area contributed by atoms with Crippen molar-refractivity contribution >= 4 is 40.5 Å². The Morgan fingerprint density at radius 2 is 1.95 bits per heavy atom. The highest BCUT2D eigenvalue weighted by Crippen LogP contribution is 2.24. The van der Waals surface area contributed by atoms with E-state index in [-0.39, 0.29) is 5.91 Å². The zero-order chi connectivity index (χ0) is 26.4. The zero-order valence-electron chi connectivity index (χ0n) is 21.2. The number of hydrogen-bond acceptors (Lipinski definition) is 5. The van der Waals surface area contributed by atoms with E-state index in [4.69, 9.17) is 16.3 Å². The molecule has 0 aliphatic heterocycles. The molecule has 1 aromatic carbocycles. The Morgan fingerprint density at radius 3 is 2.62 bits per heavy atom. The van der Waals surface area contributed by atoms with Gasteiger partial charge in [-0.05, 0) is 54.6 Å². The molecule has 0 fully saturated rings. The van der Waals surface area contributed by atoms with Crippen molar-refractivity contribution in [3.63, 3.8) is 0 Å². The highest BCUT2D eigenvalue weighted by atomic mass is 35.5. The number of benzene rings is 1. The minimum atomic E-state index is -0.612. The average molecular weight is 539 g/mol. The number of nitrogens with one attached hydrogen (secondary N) is 1. The van der Waals surface area contributed by atoms with Gasteiger partial charge in [-0.1, -0.05) is 43.1 Å². The smallest absolute Gasteiger partial charge is 0.354 e. The van der Waals surface area contributed by atoms with Gasteiger partial charge in [0.15, 0.2) is 0 Å². The van der Waals surface area contributed by atoms with E-state index in [1.807, 2.05) is 48.7 Å². The summed E-state index contributed by atoms with van der Waals surface area (Å²) in [6.45, 7) is 4.80. The van der Waals surface area contributed by atoms with Crippen LogP contribution in [0, 0.1) is 6.92 Å². The molecule has 7 nitrogen and oxygen atoms in total. The number of carbonyl (C=O) groups excluding carboxylic acids is 2. The van der Waals surface area contributed by atoms with E-state index >= 15 is 0 Å². The van der Waals surface area contributed by atoms with Crippen LogP contribution in [0.1, 0.15) is 58.3 Å². The molecule has 1 amide bonds. The number of amides is 1. The lowest BCUT2D eigenvalue weighted by Gasteiger charge is -2.20. The van der Waals surface area contributed by atoms with Gasteiger partial charge in [-0.25, -0.2) is 9.78 Å². The molecule has 0 aliphatic carbocycles. The van der Waals surface area contributed by atoms with Crippen molar-refractivity contribution in [3.8, 4) is 0 Å². The third-order valence-electron chi connectivity index (χ3n) is 6.34. The lowest BCUT2D eigenvalue weighted by molar-refractivity contribution is -0.119. The Labute approximate surface area is 226 Å². The molecule has 9 heteroatoms. The SMILES string of the molecule is CCCCc1nc(Cl)c(C)n1Cc1ccc(NC(=O)C(Cc2cccs2)n2cccc2C(=O)OC)cc1. The van der Waals surface area contributed by atoms with Gasteiger partial charge in [0.25, 0.3) is 0 Å². The van der Waals surface area contributed by atoms with Gasteiger partial charge < -0.3 is 19.2 Å². The van der Waals surface area contributed by atoms with E-state index in [2.05, 4.69) is 21.8 Å². The van der Waals surface area contributed by atoms with Crippen molar-refractivity contribution < 1.29 is 14.3 Å². The van der Waals surface area contributed by atoms with Gasteiger partial charge in [0, 0.05) is 36.1 Å². The summed E-state index contributed by atoms with van der Waals surface area (Å²) in [5, 5.41) is 5.54. The highest BCUT2D eigenvalue weighted by Gasteiger charge is 2.26. The van der Waals surface area contributed by atoms with E-state index in [9.17, 15) is 9.59 Å². The van der Waals surface area contributed by atoms with Crippen LogP contribution >= 0.6 is 22.9 Å². The lowest BCUT2D eigenvalue weighted by atomic mass is 10.1. The quantitative estimate of drug-likeness (QED) is 0.227. The monoisotopic (exact) mass is 538 g/mol. The van der Waals surface area contributed by atoms with Crippen molar-refractivity contribution in [1.82, 2.24) is 14.1 Å². The number of carbonyl (C=O) groups is 2. The first kappa shape index (κ1) is 26.7. The minimum absolute atomic E-state index is 0.207. The summed E-state index contributed by atoms with van der Waals surface area (Å²) in [6, 6.07) is 14.5. The number of ether oxygens (including phenoxy) is 1. The molecule has 1 unspecified atom stereocenters. The molecule has 0 radical (unpaired) electrons. The second-order valence-electron chi connectivity index (χ2n) is 8.87. The molecule has 0 aliphatic rings. The van der Waals surface area contributed by atoms with Crippen LogP contribution in [0.25, 0.3) is 0 Å². The highest BCUT2D eigenvalue weighted by molar-refractivity contribution is 7.09. The zero-order valence-corrected chi connectivity index (χ0v) is 22.8. The number of aromatic nitrogens is 3. The fourth-order valence-electron chi connectivity index (χ4n) is 4.28. The topological polar surface area (TPSA) is 78.2 Å². The average Bonchev–Trinajstić information content (AvgIpc) is 3.65. The molecule has 3 heterocycles. The maximum Gasteiger partial charge on any atom is 0.354 e. The maximum absolute atomic E-state index is 13.5. The number of aryl methyl sites for hydroxylation is 1. The first-order chi connectivity index (χ1) is 17.9. The third kappa shape index (κ3) is 6.32. The molecular weight excluding hydrogens is 508 g/mol. The molecule has 0 bridgehead atoms. The van der Waals surface area contributed by atoms with E-state index < -0.39 is 12.0 Å². The van der Waals surface area contributed by atoms with Gasteiger partial charge in [0.1, 0.15) is 22.7 Å². The van der Waals surface area contributed by atoms with Crippen LogP contribution in [0.4, 0.5) is 5.69 Å². The largest absolute Gasteiger partial charge is 0.464 e. The molecule has 37 heavy (non-hydrogen) atoms. The molecule has 1 N–H and O–H groups in total. The number of hydrogen-bond donors (Lipinski definition) is 1. The molecule has 0 saturated carbocycles. The predicted molar refractivity (Wildman–Crippen MR) is 148 cm³/mol. The number of anilines is 1. The van der Waals surface area contributed by atoms with Crippen molar-refractivity contribution in [3.05, 3.63) is 92.9 Å². The van der Waals surface area contributed by atoms with Crippen LogP contribution < -0.4 is 5.32 Å². The van der Waals surface area contributed by atoms with Crippen LogP contribution in [0.15, 0.2) is 60.1 Å². The summed E-state index contributed by atoms with van der Waals surface area (Å²) in [7, 11) is 1.33. The van der Waals surface area contributed by atoms with E-state index in [0.29, 0.717) is 29.5 Å². The van der Waals surface area contributed by atoms with Crippen molar-refractivity contribution in [2.24, 2.45) is 0 Å². The van der Waals surface area contributed by atoms with Crippen molar-refractivity contribution in [2.75, 3.05) is 12.4 Å². The van der Waals surface area contributed by atoms with Gasteiger partial charge in [-0.2, -0.15) is 0 Å². The first-order valence-corrected chi connectivity index (χ1v) is 13.6. The summed E-state index contributed by atoms with van der Waals surface area (Å²) in [5.41, 5.74) is 3.06. The molecule has 194 valence electrons. The van der Waals surface area contributed by atoms with E-state index in [0.717, 1.165) is 41.2 Å². The number of imidazole rings is 1. The summed E-state index contributed by atoms with van der Waals surface area (Å²) < 4.78 is 8.75. The van der Waals surface area contributed by atoms with Gasteiger partial charge in [0.05, 0.1) is 12.8 Å². The standard InChI is InChI=1S/C28H31ClN4O3S/c1-4-5-10-25-31-26(29)19(2)33(25)18-20-11-13-21(14-12-20)30-27(34)24(17-22-8-7-16-37-22)32-15-6-9-23(32)28(35)36-3/h6-9,11-16,24H,4-5,10,17-18H2,1-3H3,(H,30,34). The molecule has 4 rings (SSSR count). The van der Waals surface area contributed by atoms with E-state index in [1.54, 1.807) is 34.2 Å². The summed E-state index contributed by atoms with van der Waals surface area (Å²) in [6.07, 6.45) is 5.24. The van der Waals surface area contributed by atoms with Gasteiger partial charge in [-0.15, -0.1) is 11.3 Å². The number of nitrogens with zero attached hydrogens (tertiary/aromatic N) is 3. The Kier molecular flexibility index (Phi) is 8.84. The second-order valence-corrected chi connectivity index (χ2v) is 10.3. The second kappa shape index (κ2) is 12.3. The third-order valence-corrected chi connectivity index (χ3v) is 7.60. The Bertz CT molecular complexity index is 1340. The summed E-state index contributed by atoms with van der Waals surface area (Å²) in [4.78, 5) is 31.3. The Balaban J connectivity index is 1.51. The predicted octanol–water partition coefficient (Wildman–Crippen LogP) is 6.31. The fourth-order valence-corrected chi connectivity index (χ4v) is 5.22. The van der Waals surface area contributed by atoms with Crippen molar-refractivity contribution in [1.29, 1.82) is 0 Å². The van der Waals surface area contributed by atoms with Crippen LogP contribution in [0.3, 0.4) is 0 Å².